The number of pyridine rings is 1. The molecule has 1 unspecified atom stereocenters. The molecule has 2 aromatic rings. The van der Waals surface area contributed by atoms with E-state index in [2.05, 4.69) is 25.7 Å². The Hall–Kier alpha value is -1.70. The van der Waals surface area contributed by atoms with E-state index < -0.39 is 0 Å². The van der Waals surface area contributed by atoms with Crippen molar-refractivity contribution in [1.82, 2.24) is 25.1 Å². The summed E-state index contributed by atoms with van der Waals surface area (Å²) < 4.78 is 1.57. The van der Waals surface area contributed by atoms with Crippen LogP contribution < -0.4 is 10.6 Å². The molecule has 2 aromatic heterocycles. The zero-order valence-electron chi connectivity index (χ0n) is 12.5. The van der Waals surface area contributed by atoms with Crippen LogP contribution in [0.2, 0.25) is 0 Å². The van der Waals surface area contributed by atoms with Crippen LogP contribution in [0.5, 0.6) is 0 Å². The largest absolute Gasteiger partial charge is 0.325 e. The van der Waals surface area contributed by atoms with Crippen molar-refractivity contribution in [2.75, 3.05) is 18.4 Å². The smallest absolute Gasteiger partial charge is 0.224 e. The maximum absolute atomic E-state index is 11.9. The molecule has 1 atom stereocenters. The van der Waals surface area contributed by atoms with E-state index in [1.807, 2.05) is 6.07 Å². The van der Waals surface area contributed by atoms with E-state index >= 15 is 0 Å². The molecule has 1 saturated heterocycles. The quantitative estimate of drug-likeness (QED) is 0.851. The lowest BCUT2D eigenvalue weighted by Gasteiger charge is -2.09. The topological polar surface area (TPSA) is 84.7 Å². The number of hydrogen-bond donors (Lipinski definition) is 2. The second-order valence-corrected chi connectivity index (χ2v) is 5.19. The molecule has 0 aliphatic carbocycles. The van der Waals surface area contributed by atoms with Crippen molar-refractivity contribution < 1.29 is 4.79 Å². The molecule has 3 heterocycles. The Morgan fingerprint density at radius 3 is 2.87 bits per heavy atom. The monoisotopic (exact) mass is 358 g/mol. The fourth-order valence-corrected chi connectivity index (χ4v) is 2.44. The van der Waals surface area contributed by atoms with Crippen molar-refractivity contribution in [3.63, 3.8) is 0 Å². The molecule has 0 spiro atoms. The van der Waals surface area contributed by atoms with Crippen molar-refractivity contribution in [3.8, 4) is 5.82 Å². The highest BCUT2D eigenvalue weighted by Crippen LogP contribution is 2.15. The van der Waals surface area contributed by atoms with Crippen LogP contribution in [-0.2, 0) is 4.79 Å². The summed E-state index contributed by atoms with van der Waals surface area (Å²) in [6.45, 7) is 2.10. The number of rotatable bonds is 5. The van der Waals surface area contributed by atoms with E-state index in [0.717, 1.165) is 19.5 Å². The van der Waals surface area contributed by atoms with Crippen molar-refractivity contribution in [2.24, 2.45) is 5.92 Å². The predicted octanol–water partition coefficient (Wildman–Crippen LogP) is 1.83. The number of amides is 1. The van der Waals surface area contributed by atoms with Gasteiger partial charge in [0.2, 0.25) is 5.91 Å². The number of halogens is 2. The molecule has 23 heavy (non-hydrogen) atoms. The summed E-state index contributed by atoms with van der Waals surface area (Å²) in [6, 6.07) is 3.62. The van der Waals surface area contributed by atoms with Crippen LogP contribution in [0.15, 0.2) is 31.0 Å². The summed E-state index contributed by atoms with van der Waals surface area (Å²) in [5, 5.41) is 10.2. The first-order chi connectivity index (χ1) is 10.3. The highest BCUT2D eigenvalue weighted by molar-refractivity contribution is 5.90. The van der Waals surface area contributed by atoms with Gasteiger partial charge in [0, 0.05) is 6.42 Å². The van der Waals surface area contributed by atoms with Gasteiger partial charge < -0.3 is 10.6 Å². The molecule has 0 saturated carbocycles. The Kier molecular flexibility index (Phi) is 7.94. The number of anilines is 1. The Labute approximate surface area is 147 Å². The lowest BCUT2D eigenvalue weighted by molar-refractivity contribution is -0.116. The van der Waals surface area contributed by atoms with Gasteiger partial charge in [0.25, 0.3) is 0 Å². The molecule has 2 N–H and O–H groups in total. The highest BCUT2D eigenvalue weighted by Gasteiger charge is 2.15. The Morgan fingerprint density at radius 1 is 1.39 bits per heavy atom. The maximum atomic E-state index is 11.9. The highest BCUT2D eigenvalue weighted by atomic mass is 35.5. The zero-order chi connectivity index (χ0) is 14.5. The predicted molar refractivity (Wildman–Crippen MR) is 92.5 cm³/mol. The van der Waals surface area contributed by atoms with Gasteiger partial charge in [0.1, 0.15) is 12.7 Å². The van der Waals surface area contributed by atoms with Crippen LogP contribution in [0.1, 0.15) is 19.3 Å². The van der Waals surface area contributed by atoms with Crippen LogP contribution >= 0.6 is 24.8 Å². The minimum Gasteiger partial charge on any atom is -0.325 e. The Bertz CT molecular complexity index is 584. The van der Waals surface area contributed by atoms with E-state index in [0.29, 0.717) is 23.8 Å². The van der Waals surface area contributed by atoms with Crippen molar-refractivity contribution in [2.45, 2.75) is 19.3 Å². The fourth-order valence-electron chi connectivity index (χ4n) is 2.44. The van der Waals surface area contributed by atoms with Gasteiger partial charge in [-0.1, -0.05) is 0 Å². The summed E-state index contributed by atoms with van der Waals surface area (Å²) in [5.41, 5.74) is 0.702. The average molecular weight is 359 g/mol. The standard InChI is InChI=1S/C14H18N6O.2ClH/c21-14(4-1-11-5-6-15-7-11)19-12-2-3-13(17-8-12)20-10-16-9-18-20;;/h2-3,8-11,15H,1,4-7H2,(H,19,21);2*1H. The average Bonchev–Trinajstić information content (AvgIpc) is 3.19. The Balaban J connectivity index is 0.00000132. The number of carbonyl (C=O) groups is 1. The van der Waals surface area contributed by atoms with Crippen LogP contribution in [0.4, 0.5) is 5.69 Å². The lowest BCUT2D eigenvalue weighted by atomic mass is 10.0. The number of nitrogens with zero attached hydrogens (tertiary/aromatic N) is 4. The molecule has 0 aromatic carbocycles. The summed E-state index contributed by atoms with van der Waals surface area (Å²) in [6.07, 6.45) is 7.32. The molecule has 1 aliphatic heterocycles. The van der Waals surface area contributed by atoms with E-state index in [9.17, 15) is 4.79 Å². The third kappa shape index (κ3) is 5.46. The SMILES string of the molecule is Cl.Cl.O=C(CCC1CCNC1)Nc1ccc(-n2cncn2)nc1. The molecule has 1 aliphatic rings. The van der Waals surface area contributed by atoms with E-state index in [-0.39, 0.29) is 30.7 Å². The molecule has 7 nitrogen and oxygen atoms in total. The first-order valence-corrected chi connectivity index (χ1v) is 7.13. The van der Waals surface area contributed by atoms with Crippen molar-refractivity contribution in [1.29, 1.82) is 0 Å². The summed E-state index contributed by atoms with van der Waals surface area (Å²) in [4.78, 5) is 20.0. The second-order valence-electron chi connectivity index (χ2n) is 5.19. The maximum Gasteiger partial charge on any atom is 0.224 e. The van der Waals surface area contributed by atoms with Crippen LogP contribution in [0.3, 0.4) is 0 Å². The Morgan fingerprint density at radius 2 is 2.26 bits per heavy atom. The second kappa shape index (κ2) is 9.44. The normalized spacial score (nSPS) is 16.3. The van der Waals surface area contributed by atoms with Gasteiger partial charge in [-0.2, -0.15) is 5.10 Å². The minimum absolute atomic E-state index is 0. The van der Waals surface area contributed by atoms with Crippen LogP contribution in [-0.4, -0.2) is 38.7 Å². The first kappa shape index (κ1) is 19.3. The molecule has 1 amide bonds. The number of nitrogens with one attached hydrogen (secondary N) is 2. The van der Waals surface area contributed by atoms with Gasteiger partial charge in [-0.05, 0) is 44.0 Å². The lowest BCUT2D eigenvalue weighted by Crippen LogP contribution is -2.15. The minimum atomic E-state index is 0. The van der Waals surface area contributed by atoms with E-state index in [4.69, 9.17) is 0 Å². The van der Waals surface area contributed by atoms with Crippen LogP contribution in [0.25, 0.3) is 5.82 Å². The summed E-state index contributed by atoms with van der Waals surface area (Å²) in [5.74, 6) is 1.34. The van der Waals surface area contributed by atoms with E-state index in [1.54, 1.807) is 23.3 Å². The van der Waals surface area contributed by atoms with Gasteiger partial charge in [0.05, 0.1) is 11.9 Å². The fraction of sp³-hybridized carbons (Fsp3) is 0.429. The van der Waals surface area contributed by atoms with Gasteiger partial charge in [0.15, 0.2) is 5.82 Å². The molecule has 1 fully saturated rings. The van der Waals surface area contributed by atoms with Crippen LogP contribution in [0, 0.1) is 5.92 Å². The molecular weight excluding hydrogens is 339 g/mol. The molecule has 3 rings (SSSR count). The van der Waals surface area contributed by atoms with E-state index in [1.165, 1.54) is 12.7 Å². The summed E-state index contributed by atoms with van der Waals surface area (Å²) in [7, 11) is 0. The van der Waals surface area contributed by atoms with Gasteiger partial charge in [-0.15, -0.1) is 24.8 Å². The number of hydrogen-bond acceptors (Lipinski definition) is 5. The zero-order valence-corrected chi connectivity index (χ0v) is 14.1. The van der Waals surface area contributed by atoms with Gasteiger partial charge in [-0.3, -0.25) is 4.79 Å². The molecule has 9 heteroatoms. The van der Waals surface area contributed by atoms with Gasteiger partial charge >= 0.3 is 0 Å². The third-order valence-corrected chi connectivity index (χ3v) is 3.63. The number of carbonyl (C=O) groups excluding carboxylic acids is 1. The first-order valence-electron chi connectivity index (χ1n) is 7.13. The molecule has 126 valence electrons. The molecule has 0 radical (unpaired) electrons. The number of aromatic nitrogens is 4. The van der Waals surface area contributed by atoms with Crippen molar-refractivity contribution >= 4 is 36.4 Å². The third-order valence-electron chi connectivity index (χ3n) is 3.63. The molecular formula is C14H20Cl2N6O. The molecule has 0 bridgehead atoms. The van der Waals surface area contributed by atoms with Gasteiger partial charge in [-0.25, -0.2) is 14.6 Å². The summed E-state index contributed by atoms with van der Waals surface area (Å²) >= 11 is 0. The van der Waals surface area contributed by atoms with Crippen molar-refractivity contribution in [3.05, 3.63) is 31.0 Å².